The Kier molecular flexibility index (Phi) is 2.87. The van der Waals surface area contributed by atoms with Gasteiger partial charge in [-0.2, -0.15) is 0 Å². The quantitative estimate of drug-likeness (QED) is 0.792. The van der Waals surface area contributed by atoms with Crippen LogP contribution in [0.1, 0.15) is 10.4 Å². The summed E-state index contributed by atoms with van der Waals surface area (Å²) in [6.07, 6.45) is 0. The number of carbonyl (C=O) groups is 1. The Morgan fingerprint density at radius 3 is 2.73 bits per heavy atom. The zero-order chi connectivity index (χ0) is 10.7. The van der Waals surface area contributed by atoms with Gasteiger partial charge in [0.15, 0.2) is 0 Å². The molecule has 0 aromatic heterocycles. The van der Waals surface area contributed by atoms with Gasteiger partial charge in [-0.3, -0.25) is 0 Å². The number of carboxylic acid groups (broad SMARTS) is 1. The van der Waals surface area contributed by atoms with E-state index in [1.54, 1.807) is 18.2 Å². The first kappa shape index (κ1) is 9.98. The van der Waals surface area contributed by atoms with Gasteiger partial charge in [0.1, 0.15) is 0 Å². The molecule has 0 bridgehead atoms. The minimum absolute atomic E-state index is 0.332. The molecule has 1 heterocycles. The van der Waals surface area contributed by atoms with Crippen molar-refractivity contribution in [3.63, 3.8) is 0 Å². The fraction of sp³-hybridized carbons (Fsp3) is 0.364. The number of nitrogens with zero attached hydrogens (tertiary/aromatic N) is 1. The summed E-state index contributed by atoms with van der Waals surface area (Å²) in [6.45, 7) is 3.06. The molecule has 1 fully saturated rings. The van der Waals surface area contributed by atoms with E-state index in [4.69, 9.17) is 9.84 Å². The van der Waals surface area contributed by atoms with Crippen LogP contribution in [-0.2, 0) is 4.74 Å². The lowest BCUT2D eigenvalue weighted by Crippen LogP contribution is -2.36. The molecule has 0 unspecified atom stereocenters. The van der Waals surface area contributed by atoms with Crippen LogP contribution in [0.3, 0.4) is 0 Å². The number of ether oxygens (including phenoxy) is 1. The molecule has 0 aliphatic carbocycles. The number of morpholine rings is 1. The Bertz CT molecular complexity index is 359. The van der Waals surface area contributed by atoms with Gasteiger partial charge in [-0.1, -0.05) is 6.07 Å². The molecule has 0 amide bonds. The van der Waals surface area contributed by atoms with E-state index in [-0.39, 0.29) is 0 Å². The highest BCUT2D eigenvalue weighted by Gasteiger charge is 2.12. The standard InChI is InChI=1S/C11H13NO3/c13-11(14)9-2-1-3-10(8-9)12-4-6-15-7-5-12/h1-3,8H,4-7H2,(H,13,14). The first-order valence-corrected chi connectivity index (χ1v) is 4.93. The highest BCUT2D eigenvalue weighted by molar-refractivity contribution is 5.88. The molecule has 15 heavy (non-hydrogen) atoms. The van der Waals surface area contributed by atoms with Crippen LogP contribution in [0, 0.1) is 0 Å². The molecule has 80 valence electrons. The van der Waals surface area contributed by atoms with E-state index in [0.717, 1.165) is 18.8 Å². The van der Waals surface area contributed by atoms with Gasteiger partial charge < -0.3 is 14.7 Å². The third-order valence-corrected chi connectivity index (χ3v) is 2.47. The molecule has 1 aliphatic rings. The smallest absolute Gasteiger partial charge is 0.335 e. The molecule has 1 aromatic rings. The number of benzene rings is 1. The highest BCUT2D eigenvalue weighted by atomic mass is 16.5. The van der Waals surface area contributed by atoms with Gasteiger partial charge in [0, 0.05) is 18.8 Å². The summed E-state index contributed by atoms with van der Waals surface area (Å²) in [5.74, 6) is -0.884. The fourth-order valence-corrected chi connectivity index (χ4v) is 1.66. The van der Waals surface area contributed by atoms with Crippen molar-refractivity contribution in [2.24, 2.45) is 0 Å². The van der Waals surface area contributed by atoms with E-state index < -0.39 is 5.97 Å². The Balaban J connectivity index is 2.19. The van der Waals surface area contributed by atoms with Gasteiger partial charge in [-0.15, -0.1) is 0 Å². The van der Waals surface area contributed by atoms with Crippen molar-refractivity contribution >= 4 is 11.7 Å². The molecule has 0 saturated carbocycles. The first-order valence-electron chi connectivity index (χ1n) is 4.93. The van der Waals surface area contributed by atoms with Crippen molar-refractivity contribution in [2.75, 3.05) is 31.2 Å². The Morgan fingerprint density at radius 1 is 1.33 bits per heavy atom. The second-order valence-corrected chi connectivity index (χ2v) is 3.45. The molecule has 1 aromatic carbocycles. The average molecular weight is 207 g/mol. The molecule has 0 radical (unpaired) electrons. The summed E-state index contributed by atoms with van der Waals surface area (Å²) in [6, 6.07) is 7.01. The monoisotopic (exact) mass is 207 g/mol. The lowest BCUT2D eigenvalue weighted by molar-refractivity contribution is 0.0697. The van der Waals surface area contributed by atoms with Crippen molar-refractivity contribution in [2.45, 2.75) is 0 Å². The van der Waals surface area contributed by atoms with E-state index in [1.165, 1.54) is 0 Å². The van der Waals surface area contributed by atoms with Crippen molar-refractivity contribution in [1.82, 2.24) is 0 Å². The molecular weight excluding hydrogens is 194 g/mol. The SMILES string of the molecule is O=C(O)c1cccc(N2CCOCC2)c1. The summed E-state index contributed by atoms with van der Waals surface area (Å²) in [4.78, 5) is 12.9. The molecule has 0 atom stereocenters. The van der Waals surface area contributed by atoms with Gasteiger partial charge in [0.05, 0.1) is 18.8 Å². The third kappa shape index (κ3) is 2.27. The van der Waals surface area contributed by atoms with Crippen LogP contribution in [0.5, 0.6) is 0 Å². The van der Waals surface area contributed by atoms with Gasteiger partial charge in [0.25, 0.3) is 0 Å². The summed E-state index contributed by atoms with van der Waals surface area (Å²) in [7, 11) is 0. The molecule has 0 spiro atoms. The van der Waals surface area contributed by atoms with Crippen LogP contribution in [-0.4, -0.2) is 37.4 Å². The topological polar surface area (TPSA) is 49.8 Å². The van der Waals surface area contributed by atoms with Gasteiger partial charge >= 0.3 is 5.97 Å². The number of hydrogen-bond acceptors (Lipinski definition) is 3. The number of anilines is 1. The van der Waals surface area contributed by atoms with E-state index in [0.29, 0.717) is 18.8 Å². The number of hydrogen-bond donors (Lipinski definition) is 1. The zero-order valence-corrected chi connectivity index (χ0v) is 8.35. The van der Waals surface area contributed by atoms with Crippen molar-refractivity contribution < 1.29 is 14.6 Å². The van der Waals surface area contributed by atoms with Crippen molar-refractivity contribution in [3.8, 4) is 0 Å². The predicted molar refractivity (Wildman–Crippen MR) is 56.4 cm³/mol. The minimum Gasteiger partial charge on any atom is -0.478 e. The number of aromatic carboxylic acids is 1. The Labute approximate surface area is 88.1 Å². The maximum Gasteiger partial charge on any atom is 0.335 e. The normalized spacial score (nSPS) is 16.4. The maximum absolute atomic E-state index is 10.8. The Hall–Kier alpha value is -1.55. The molecule has 1 saturated heterocycles. The van der Waals surface area contributed by atoms with Gasteiger partial charge in [0.2, 0.25) is 0 Å². The Morgan fingerprint density at radius 2 is 2.07 bits per heavy atom. The van der Waals surface area contributed by atoms with Crippen LogP contribution in [0.2, 0.25) is 0 Å². The van der Waals surface area contributed by atoms with Crippen LogP contribution < -0.4 is 4.90 Å². The molecule has 1 N–H and O–H groups in total. The second-order valence-electron chi connectivity index (χ2n) is 3.45. The third-order valence-electron chi connectivity index (χ3n) is 2.47. The predicted octanol–water partition coefficient (Wildman–Crippen LogP) is 1.22. The van der Waals surface area contributed by atoms with Gasteiger partial charge in [-0.25, -0.2) is 4.79 Å². The fourth-order valence-electron chi connectivity index (χ4n) is 1.66. The lowest BCUT2D eigenvalue weighted by Gasteiger charge is -2.28. The summed E-state index contributed by atoms with van der Waals surface area (Å²) < 4.78 is 5.24. The molecule has 1 aliphatic heterocycles. The molecule has 2 rings (SSSR count). The number of rotatable bonds is 2. The van der Waals surface area contributed by atoms with E-state index in [2.05, 4.69) is 4.90 Å². The maximum atomic E-state index is 10.8. The van der Waals surface area contributed by atoms with E-state index in [9.17, 15) is 4.79 Å². The van der Waals surface area contributed by atoms with Crippen molar-refractivity contribution in [3.05, 3.63) is 29.8 Å². The van der Waals surface area contributed by atoms with Crippen LogP contribution in [0.4, 0.5) is 5.69 Å². The first-order chi connectivity index (χ1) is 7.27. The van der Waals surface area contributed by atoms with Crippen LogP contribution in [0.15, 0.2) is 24.3 Å². The van der Waals surface area contributed by atoms with E-state index >= 15 is 0 Å². The largest absolute Gasteiger partial charge is 0.478 e. The van der Waals surface area contributed by atoms with E-state index in [1.807, 2.05) is 6.07 Å². The molecular formula is C11H13NO3. The molecule has 4 nitrogen and oxygen atoms in total. The summed E-state index contributed by atoms with van der Waals surface area (Å²) in [5, 5.41) is 8.86. The van der Waals surface area contributed by atoms with Crippen molar-refractivity contribution in [1.29, 1.82) is 0 Å². The zero-order valence-electron chi connectivity index (χ0n) is 8.35. The summed E-state index contributed by atoms with van der Waals surface area (Å²) >= 11 is 0. The van der Waals surface area contributed by atoms with Crippen LogP contribution in [0.25, 0.3) is 0 Å². The average Bonchev–Trinajstić information content (AvgIpc) is 2.30. The second kappa shape index (κ2) is 4.31. The van der Waals surface area contributed by atoms with Crippen LogP contribution >= 0.6 is 0 Å². The lowest BCUT2D eigenvalue weighted by atomic mass is 10.2. The number of carboxylic acids is 1. The minimum atomic E-state index is -0.884. The highest BCUT2D eigenvalue weighted by Crippen LogP contribution is 2.17. The summed E-state index contributed by atoms with van der Waals surface area (Å²) in [5.41, 5.74) is 1.29. The molecule has 4 heteroatoms. The van der Waals surface area contributed by atoms with Gasteiger partial charge in [-0.05, 0) is 18.2 Å².